The Hall–Kier alpha value is -2.30. The van der Waals surface area contributed by atoms with E-state index in [0.717, 1.165) is 23.2 Å². The number of hydrogen-bond acceptors (Lipinski definition) is 2. The van der Waals surface area contributed by atoms with Gasteiger partial charge in [0.25, 0.3) is 0 Å². The lowest BCUT2D eigenvalue weighted by Crippen LogP contribution is -2.27. The molecule has 1 saturated carbocycles. The second kappa shape index (κ2) is 6.22. The average molecular weight is 302 g/mol. The van der Waals surface area contributed by atoms with Crippen LogP contribution >= 0.6 is 0 Å². The lowest BCUT2D eigenvalue weighted by Gasteiger charge is -2.04. The molecule has 1 N–H and O–H groups in total. The third kappa shape index (κ3) is 3.13. The number of benzene rings is 1. The summed E-state index contributed by atoms with van der Waals surface area (Å²) in [5.41, 5.74) is 2.62. The molecule has 1 amide bonds. The Labute approximate surface area is 127 Å². The zero-order valence-electron chi connectivity index (χ0n) is 11.9. The number of alkyl halides is 1. The molecule has 1 heterocycles. The lowest BCUT2D eigenvalue weighted by molar-refractivity contribution is -0.122. The molecule has 1 aromatic carbocycles. The van der Waals surface area contributed by atoms with Gasteiger partial charge in [0.2, 0.25) is 5.91 Å². The number of hydrogen-bond donors (Lipinski definition) is 1. The molecule has 1 aliphatic rings. The first-order chi connectivity index (χ1) is 10.7. The lowest BCUT2D eigenvalue weighted by atomic mass is 10.1. The van der Waals surface area contributed by atoms with Crippen LogP contribution < -0.4 is 5.32 Å². The molecule has 114 valence electrons. The van der Waals surface area contributed by atoms with Gasteiger partial charge < -0.3 is 5.32 Å². The van der Waals surface area contributed by atoms with Gasteiger partial charge in [0.05, 0.1) is 5.69 Å². The van der Waals surface area contributed by atoms with Gasteiger partial charge in [-0.05, 0) is 48.2 Å². The number of pyridine rings is 1. The number of amides is 1. The van der Waals surface area contributed by atoms with Gasteiger partial charge in [-0.25, -0.2) is 8.78 Å². The summed E-state index contributed by atoms with van der Waals surface area (Å²) in [7, 11) is 0. The molecule has 1 fully saturated rings. The first-order valence-electron chi connectivity index (χ1n) is 7.24. The van der Waals surface area contributed by atoms with Crippen LogP contribution in [0.5, 0.6) is 0 Å². The van der Waals surface area contributed by atoms with Gasteiger partial charge in [-0.2, -0.15) is 0 Å². The van der Waals surface area contributed by atoms with Gasteiger partial charge in [-0.15, -0.1) is 0 Å². The highest BCUT2D eigenvalue weighted by Gasteiger charge is 2.43. The maximum Gasteiger partial charge on any atom is 0.223 e. The van der Waals surface area contributed by atoms with E-state index in [1.54, 1.807) is 18.3 Å². The van der Waals surface area contributed by atoms with Crippen LogP contribution in [0.1, 0.15) is 17.9 Å². The molecule has 22 heavy (non-hydrogen) atoms. The minimum Gasteiger partial charge on any atom is -0.353 e. The summed E-state index contributed by atoms with van der Waals surface area (Å²) in [6.45, 7) is -0.471. The summed E-state index contributed by atoms with van der Waals surface area (Å²) in [6, 6.07) is 9.98. The molecular formula is C17H16F2N2O. The monoisotopic (exact) mass is 302 g/mol. The molecule has 0 aliphatic heterocycles. The molecule has 0 bridgehead atoms. The average Bonchev–Trinajstić information content (AvgIpc) is 3.34. The summed E-state index contributed by atoms with van der Waals surface area (Å²) in [5, 5.41) is 2.57. The first-order valence-corrected chi connectivity index (χ1v) is 7.24. The van der Waals surface area contributed by atoms with Crippen LogP contribution in [0.2, 0.25) is 0 Å². The van der Waals surface area contributed by atoms with Crippen molar-refractivity contribution in [2.24, 2.45) is 5.92 Å². The molecule has 1 aliphatic carbocycles. The molecule has 2 atom stereocenters. The van der Waals surface area contributed by atoms with E-state index in [-0.39, 0.29) is 30.1 Å². The smallest absolute Gasteiger partial charge is 0.223 e. The van der Waals surface area contributed by atoms with Gasteiger partial charge in [0.1, 0.15) is 12.5 Å². The van der Waals surface area contributed by atoms with Crippen LogP contribution in [0.15, 0.2) is 42.6 Å². The van der Waals surface area contributed by atoms with Crippen LogP contribution in [0.25, 0.3) is 11.3 Å². The van der Waals surface area contributed by atoms with Gasteiger partial charge in [0.15, 0.2) is 0 Å². The fraction of sp³-hybridized carbons (Fsp3) is 0.294. The van der Waals surface area contributed by atoms with Gasteiger partial charge in [-0.1, -0.05) is 6.07 Å². The zero-order valence-corrected chi connectivity index (χ0v) is 11.9. The van der Waals surface area contributed by atoms with Crippen molar-refractivity contribution in [3.8, 4) is 11.3 Å². The van der Waals surface area contributed by atoms with Gasteiger partial charge in [0, 0.05) is 24.2 Å². The second-order valence-electron chi connectivity index (χ2n) is 5.41. The quantitative estimate of drug-likeness (QED) is 0.922. The van der Waals surface area contributed by atoms with Crippen molar-refractivity contribution in [2.45, 2.75) is 12.3 Å². The maximum atomic E-state index is 12.9. The molecule has 0 saturated heterocycles. The zero-order chi connectivity index (χ0) is 15.5. The summed E-state index contributed by atoms with van der Waals surface area (Å²) >= 11 is 0. The largest absolute Gasteiger partial charge is 0.353 e. The summed E-state index contributed by atoms with van der Waals surface area (Å²) < 4.78 is 24.9. The fourth-order valence-electron chi connectivity index (χ4n) is 2.57. The Morgan fingerprint density at radius 3 is 2.64 bits per heavy atom. The highest BCUT2D eigenvalue weighted by Crippen LogP contribution is 2.47. The number of carbonyl (C=O) groups excluding carboxylic acids is 1. The standard InChI is InChI=1S/C17H16F2N2O/c18-7-8-20-17(22)15-9-14(15)12-3-6-16(21-10-12)11-1-4-13(19)5-2-11/h1-6,10,14-15H,7-9H2,(H,20,22)/t14-,15?/m0/s1. The van der Waals surface area contributed by atoms with Crippen LogP contribution in [0.4, 0.5) is 8.78 Å². The number of nitrogens with zero attached hydrogens (tertiary/aromatic N) is 1. The molecule has 5 heteroatoms. The van der Waals surface area contributed by atoms with Crippen molar-refractivity contribution in [2.75, 3.05) is 13.2 Å². The summed E-state index contributed by atoms with van der Waals surface area (Å²) in [6.07, 6.45) is 2.53. The molecule has 2 aromatic rings. The number of aromatic nitrogens is 1. The number of rotatable bonds is 5. The number of halogens is 2. The third-order valence-electron chi connectivity index (χ3n) is 3.88. The topological polar surface area (TPSA) is 42.0 Å². The van der Waals surface area contributed by atoms with Crippen molar-refractivity contribution in [3.05, 3.63) is 54.0 Å². The maximum absolute atomic E-state index is 12.9. The van der Waals surface area contributed by atoms with E-state index in [0.29, 0.717) is 0 Å². The van der Waals surface area contributed by atoms with Crippen molar-refractivity contribution in [1.82, 2.24) is 10.3 Å². The van der Waals surface area contributed by atoms with E-state index in [4.69, 9.17) is 0 Å². The van der Waals surface area contributed by atoms with Crippen LogP contribution in [0.3, 0.4) is 0 Å². The molecule has 3 rings (SSSR count). The van der Waals surface area contributed by atoms with Crippen molar-refractivity contribution < 1.29 is 13.6 Å². The molecule has 0 spiro atoms. The first kappa shape index (κ1) is 14.6. The van der Waals surface area contributed by atoms with E-state index in [1.807, 2.05) is 12.1 Å². The SMILES string of the molecule is O=C(NCCF)C1C[C@H]1c1ccc(-c2ccc(F)cc2)nc1. The van der Waals surface area contributed by atoms with E-state index >= 15 is 0 Å². The Kier molecular flexibility index (Phi) is 4.13. The van der Waals surface area contributed by atoms with Crippen molar-refractivity contribution in [3.63, 3.8) is 0 Å². The van der Waals surface area contributed by atoms with Gasteiger partial charge in [-0.3, -0.25) is 9.78 Å². The van der Waals surface area contributed by atoms with Crippen molar-refractivity contribution in [1.29, 1.82) is 0 Å². The fourth-order valence-corrected chi connectivity index (χ4v) is 2.57. The Morgan fingerprint density at radius 2 is 2.00 bits per heavy atom. The third-order valence-corrected chi connectivity index (χ3v) is 3.88. The highest BCUT2D eigenvalue weighted by molar-refractivity contribution is 5.82. The predicted octanol–water partition coefficient (Wildman–Crippen LogP) is 3.08. The second-order valence-corrected chi connectivity index (χ2v) is 5.41. The number of carbonyl (C=O) groups is 1. The predicted molar refractivity (Wildman–Crippen MR) is 79.5 cm³/mol. The van der Waals surface area contributed by atoms with E-state index in [9.17, 15) is 13.6 Å². The normalized spacial score (nSPS) is 19.7. The van der Waals surface area contributed by atoms with E-state index in [1.165, 1.54) is 12.1 Å². The number of nitrogens with one attached hydrogen (secondary N) is 1. The van der Waals surface area contributed by atoms with Crippen LogP contribution in [-0.4, -0.2) is 24.1 Å². The van der Waals surface area contributed by atoms with Gasteiger partial charge >= 0.3 is 0 Å². The molecule has 1 aromatic heterocycles. The minimum absolute atomic E-state index is 0.0732. The van der Waals surface area contributed by atoms with Crippen LogP contribution in [0, 0.1) is 11.7 Å². The summed E-state index contributed by atoms with van der Waals surface area (Å²) in [5.74, 6) is -0.287. The highest BCUT2D eigenvalue weighted by atomic mass is 19.1. The molecular weight excluding hydrogens is 286 g/mol. The minimum atomic E-state index is -0.545. The Morgan fingerprint density at radius 1 is 1.23 bits per heavy atom. The van der Waals surface area contributed by atoms with Crippen LogP contribution in [-0.2, 0) is 4.79 Å². The van der Waals surface area contributed by atoms with E-state index < -0.39 is 6.67 Å². The Balaban J connectivity index is 1.66. The molecule has 1 unspecified atom stereocenters. The van der Waals surface area contributed by atoms with E-state index in [2.05, 4.69) is 10.3 Å². The molecule has 3 nitrogen and oxygen atoms in total. The van der Waals surface area contributed by atoms with Crippen molar-refractivity contribution >= 4 is 5.91 Å². The summed E-state index contributed by atoms with van der Waals surface area (Å²) in [4.78, 5) is 16.1. The Bertz CT molecular complexity index is 655. The molecule has 0 radical (unpaired) electrons.